The Kier molecular flexibility index (Phi) is 4.81. The molecule has 1 aromatic carbocycles. The fraction of sp³-hybridized carbons (Fsp3) is 0.235. The van der Waals surface area contributed by atoms with E-state index >= 15 is 0 Å². The van der Waals surface area contributed by atoms with Gasteiger partial charge < -0.3 is 10.0 Å². The second kappa shape index (κ2) is 7.26. The summed E-state index contributed by atoms with van der Waals surface area (Å²) in [5.74, 6) is -0.944. The van der Waals surface area contributed by atoms with Crippen LogP contribution in [0.25, 0.3) is 0 Å². The van der Waals surface area contributed by atoms with Gasteiger partial charge in [-0.05, 0) is 11.6 Å². The molecule has 8 nitrogen and oxygen atoms in total. The van der Waals surface area contributed by atoms with Crippen molar-refractivity contribution in [3.63, 3.8) is 0 Å². The first kappa shape index (κ1) is 17.9. The van der Waals surface area contributed by atoms with E-state index in [1.54, 1.807) is 41.6 Å². The minimum absolute atomic E-state index is 0.217. The number of carbonyl (C=O) groups is 1. The minimum Gasteiger partial charge on any atom is -0.395 e. The molecule has 4 rings (SSSR count). The summed E-state index contributed by atoms with van der Waals surface area (Å²) in [6.07, 6.45) is 4.71. The lowest BCUT2D eigenvalue weighted by Crippen LogP contribution is -2.33. The highest BCUT2D eigenvalue weighted by Crippen LogP contribution is 2.30. The van der Waals surface area contributed by atoms with Gasteiger partial charge >= 0.3 is 0 Å². The number of hydrogen-bond acceptors (Lipinski definition) is 5. The van der Waals surface area contributed by atoms with Gasteiger partial charge in [-0.1, -0.05) is 29.8 Å². The Balaban J connectivity index is 1.51. The van der Waals surface area contributed by atoms with Crippen molar-refractivity contribution in [1.29, 1.82) is 0 Å². The Hall–Kier alpha value is -2.49. The second-order valence-corrected chi connectivity index (χ2v) is 7.89. The highest BCUT2D eigenvalue weighted by atomic mass is 35.5. The van der Waals surface area contributed by atoms with Gasteiger partial charge in [-0.25, -0.2) is 4.21 Å². The average molecular weight is 406 g/mol. The van der Waals surface area contributed by atoms with Gasteiger partial charge in [-0.3, -0.25) is 9.89 Å². The van der Waals surface area contributed by atoms with Gasteiger partial charge in [-0.2, -0.15) is 14.3 Å². The number of carbonyl (C=O) groups excluding carboxylic acids is 1. The molecule has 0 spiro atoms. The second-order valence-electron chi connectivity index (χ2n) is 6.14. The van der Waals surface area contributed by atoms with Crippen LogP contribution in [-0.4, -0.2) is 46.1 Å². The van der Waals surface area contributed by atoms with E-state index in [0.717, 1.165) is 5.56 Å². The summed E-state index contributed by atoms with van der Waals surface area (Å²) in [6, 6.07) is 7.00. The molecule has 3 heterocycles. The number of aromatic nitrogens is 4. The summed E-state index contributed by atoms with van der Waals surface area (Å²) in [5, 5.41) is 20.9. The molecule has 0 aliphatic carbocycles. The smallest absolute Gasteiger partial charge is 0.233 e. The molecule has 2 N–H and O–H groups in total. The highest BCUT2D eigenvalue weighted by molar-refractivity contribution is 7.83. The molecule has 0 radical (unpaired) electrons. The van der Waals surface area contributed by atoms with Gasteiger partial charge in [0.15, 0.2) is 11.0 Å². The number of fused-ring (bicyclic) bond motifs is 1. The summed E-state index contributed by atoms with van der Waals surface area (Å²) >= 11 is 6.18. The number of amides is 1. The van der Waals surface area contributed by atoms with Crippen LogP contribution in [0.2, 0.25) is 5.02 Å². The number of aliphatic hydroxyl groups excluding tert-OH is 1. The predicted molar refractivity (Wildman–Crippen MR) is 98.2 cm³/mol. The number of nitrogens with one attached hydrogen (secondary N) is 1. The van der Waals surface area contributed by atoms with E-state index in [-0.39, 0.29) is 12.5 Å². The van der Waals surface area contributed by atoms with Crippen molar-refractivity contribution in [3.8, 4) is 0 Å². The lowest BCUT2D eigenvalue weighted by Gasteiger charge is -2.22. The largest absolute Gasteiger partial charge is 0.395 e. The molecule has 1 aliphatic heterocycles. The van der Waals surface area contributed by atoms with Crippen LogP contribution in [0, 0.1) is 0 Å². The number of aliphatic hydroxyl groups is 1. The fourth-order valence-corrected chi connectivity index (χ4v) is 4.27. The normalized spacial score (nSPS) is 15.6. The average Bonchev–Trinajstić information content (AvgIpc) is 3.39. The van der Waals surface area contributed by atoms with Crippen molar-refractivity contribution >= 4 is 28.5 Å². The van der Waals surface area contributed by atoms with E-state index in [4.69, 9.17) is 11.6 Å². The van der Waals surface area contributed by atoms with Crippen LogP contribution >= 0.6 is 11.6 Å². The Morgan fingerprint density at radius 1 is 1.37 bits per heavy atom. The third-order valence-corrected chi connectivity index (χ3v) is 5.97. The number of rotatable bonds is 5. The van der Waals surface area contributed by atoms with Crippen LogP contribution in [-0.2, 0) is 28.9 Å². The maximum absolute atomic E-state index is 12.9. The van der Waals surface area contributed by atoms with Crippen molar-refractivity contribution in [2.45, 2.75) is 23.9 Å². The van der Waals surface area contributed by atoms with Gasteiger partial charge in [-0.15, -0.1) is 0 Å². The van der Waals surface area contributed by atoms with Crippen LogP contribution in [0.1, 0.15) is 22.7 Å². The number of halogens is 1. The van der Waals surface area contributed by atoms with Gasteiger partial charge in [0.1, 0.15) is 0 Å². The van der Waals surface area contributed by atoms with Gasteiger partial charge in [0.2, 0.25) is 5.91 Å². The zero-order valence-corrected chi connectivity index (χ0v) is 15.7. The summed E-state index contributed by atoms with van der Waals surface area (Å²) in [5.41, 5.74) is 2.12. The molecule has 1 amide bonds. The monoisotopic (exact) mass is 405 g/mol. The first-order chi connectivity index (χ1) is 13.1. The molecule has 0 bridgehead atoms. The minimum atomic E-state index is -1.49. The topological polar surface area (TPSA) is 104 Å². The fourth-order valence-electron chi connectivity index (χ4n) is 3.10. The summed E-state index contributed by atoms with van der Waals surface area (Å²) in [7, 11) is -1.49. The lowest BCUT2D eigenvalue weighted by atomic mass is 9.98. The third-order valence-electron chi connectivity index (χ3n) is 4.48. The molecule has 10 heteroatoms. The molecule has 2 atom stereocenters. The number of aromatic amines is 1. The number of H-pyrrole nitrogens is 1. The summed E-state index contributed by atoms with van der Waals surface area (Å²) in [6.45, 7) is 0.309. The molecular formula is C17H16ClN5O3S. The molecule has 2 aromatic heterocycles. The highest BCUT2D eigenvalue weighted by Gasteiger charge is 2.33. The molecule has 27 heavy (non-hydrogen) atoms. The molecule has 2 unspecified atom stereocenters. The van der Waals surface area contributed by atoms with Crippen molar-refractivity contribution in [2.24, 2.45) is 0 Å². The lowest BCUT2D eigenvalue weighted by molar-refractivity contribution is -0.134. The Labute approximate surface area is 162 Å². The quantitative estimate of drug-likeness (QED) is 0.668. The van der Waals surface area contributed by atoms with Crippen LogP contribution in [0.4, 0.5) is 0 Å². The Morgan fingerprint density at radius 3 is 2.85 bits per heavy atom. The molecule has 0 fully saturated rings. The van der Waals surface area contributed by atoms with Crippen molar-refractivity contribution in [2.75, 3.05) is 6.61 Å². The zero-order chi connectivity index (χ0) is 19.0. The first-order valence-corrected chi connectivity index (χ1v) is 9.69. The van der Waals surface area contributed by atoms with E-state index in [1.165, 1.54) is 10.3 Å². The van der Waals surface area contributed by atoms with Gasteiger partial charge in [0, 0.05) is 29.5 Å². The standard InChI is InChI=1S/C17H16ClN5O3S/c18-15-4-2-1-3-13(15)14(10-24)17(25)22-7-11-8-23(21-16(11)9-22)27(26)12-5-19-20-6-12/h1-6,8,14,24H,7,9-10H2,(H,19,20). The SMILES string of the molecule is O=C(C(CO)c1ccccc1Cl)N1Cc2cn(S(=O)c3cn[nH]c3)nc2C1. The predicted octanol–water partition coefficient (Wildman–Crippen LogP) is 1.45. The van der Waals surface area contributed by atoms with E-state index in [2.05, 4.69) is 15.3 Å². The van der Waals surface area contributed by atoms with E-state index in [0.29, 0.717) is 34.3 Å². The summed E-state index contributed by atoms with van der Waals surface area (Å²) in [4.78, 5) is 15.0. The van der Waals surface area contributed by atoms with Gasteiger partial charge in [0.25, 0.3) is 0 Å². The molecule has 140 valence electrons. The molecular weight excluding hydrogens is 390 g/mol. The maximum atomic E-state index is 12.9. The van der Waals surface area contributed by atoms with Crippen LogP contribution < -0.4 is 0 Å². The van der Waals surface area contributed by atoms with E-state index < -0.39 is 16.9 Å². The maximum Gasteiger partial charge on any atom is 0.233 e. The zero-order valence-electron chi connectivity index (χ0n) is 14.1. The Bertz CT molecular complexity index is 980. The van der Waals surface area contributed by atoms with E-state index in [1.807, 2.05) is 0 Å². The molecule has 1 aliphatic rings. The summed E-state index contributed by atoms with van der Waals surface area (Å²) < 4.78 is 13.8. The van der Waals surface area contributed by atoms with Gasteiger partial charge in [0.05, 0.1) is 35.9 Å². The first-order valence-electron chi connectivity index (χ1n) is 8.21. The van der Waals surface area contributed by atoms with Crippen LogP contribution in [0.3, 0.4) is 0 Å². The van der Waals surface area contributed by atoms with Crippen molar-refractivity contribution < 1.29 is 14.1 Å². The van der Waals surface area contributed by atoms with Crippen LogP contribution in [0.15, 0.2) is 47.8 Å². The van der Waals surface area contributed by atoms with Crippen molar-refractivity contribution in [1.82, 2.24) is 24.3 Å². The van der Waals surface area contributed by atoms with E-state index in [9.17, 15) is 14.1 Å². The molecule has 0 saturated heterocycles. The third kappa shape index (κ3) is 3.29. The Morgan fingerprint density at radius 2 is 2.19 bits per heavy atom. The van der Waals surface area contributed by atoms with Crippen molar-refractivity contribution in [3.05, 3.63) is 64.7 Å². The molecule has 0 saturated carbocycles. The number of benzene rings is 1. The number of hydrogen-bond donors (Lipinski definition) is 2. The molecule has 3 aromatic rings. The number of nitrogens with zero attached hydrogens (tertiary/aromatic N) is 4. The van der Waals surface area contributed by atoms with Crippen LogP contribution in [0.5, 0.6) is 0 Å².